The minimum Gasteiger partial charge on any atom is -0.396 e. The van der Waals surface area contributed by atoms with Crippen LogP contribution in [-0.2, 0) is 19.4 Å². The Balaban J connectivity index is 1.29. The summed E-state index contributed by atoms with van der Waals surface area (Å²) >= 11 is 1.51. The van der Waals surface area contributed by atoms with Crippen LogP contribution >= 0.6 is 11.3 Å². The number of hydrazone groups is 1. The lowest BCUT2D eigenvalue weighted by Crippen LogP contribution is -2.34. The molecule has 0 spiro atoms. The number of hydrogen-bond donors (Lipinski definition) is 3. The van der Waals surface area contributed by atoms with Gasteiger partial charge in [-0.25, -0.2) is 5.43 Å². The zero-order valence-electron chi connectivity index (χ0n) is 22.4. The topological polar surface area (TPSA) is 94.0 Å². The molecule has 1 aliphatic carbocycles. The number of thiophene rings is 1. The number of nitrogens with one attached hydrogen (secondary N) is 2. The lowest BCUT2D eigenvalue weighted by atomic mass is 9.95. The fourth-order valence-electron chi connectivity index (χ4n) is 5.34. The predicted molar refractivity (Wildman–Crippen MR) is 157 cm³/mol. The third-order valence-corrected chi connectivity index (χ3v) is 8.85. The Labute approximate surface area is 233 Å². The molecule has 2 aromatic carbocycles. The Hall–Kier alpha value is -3.33. The van der Waals surface area contributed by atoms with E-state index in [0.717, 1.165) is 80.4 Å². The molecular weight excluding hydrogens is 508 g/mol. The van der Waals surface area contributed by atoms with Crippen molar-refractivity contribution in [2.75, 3.05) is 25.0 Å². The van der Waals surface area contributed by atoms with Gasteiger partial charge < -0.3 is 10.4 Å². The average molecular weight is 545 g/mol. The molecule has 2 heterocycles. The van der Waals surface area contributed by atoms with Crippen LogP contribution in [-0.4, -0.2) is 47.7 Å². The third-order valence-electron chi connectivity index (χ3n) is 7.64. The first-order valence-electron chi connectivity index (χ1n) is 13.8. The summed E-state index contributed by atoms with van der Waals surface area (Å²) in [5.41, 5.74) is 7.97. The number of carbonyl (C=O) groups excluding carboxylic acids is 2. The van der Waals surface area contributed by atoms with Crippen molar-refractivity contribution in [3.8, 4) is 0 Å². The Bertz CT molecular complexity index is 1340. The summed E-state index contributed by atoms with van der Waals surface area (Å²) in [5.74, 6) is -0.116. The summed E-state index contributed by atoms with van der Waals surface area (Å²) in [4.78, 5) is 30.2. The molecule has 8 heteroatoms. The van der Waals surface area contributed by atoms with Gasteiger partial charge in [-0.15, -0.1) is 11.3 Å². The van der Waals surface area contributed by atoms with Crippen molar-refractivity contribution in [1.29, 1.82) is 0 Å². The lowest BCUT2D eigenvalue weighted by Gasteiger charge is -2.31. The van der Waals surface area contributed by atoms with Crippen LogP contribution in [0, 0.1) is 12.8 Å². The summed E-state index contributed by atoms with van der Waals surface area (Å²) in [6.45, 7) is 4.96. The minimum atomic E-state index is -0.298. The molecule has 1 aliphatic heterocycles. The van der Waals surface area contributed by atoms with Crippen LogP contribution in [0.5, 0.6) is 0 Å². The molecule has 39 heavy (non-hydrogen) atoms. The predicted octanol–water partition coefficient (Wildman–Crippen LogP) is 5.16. The second-order valence-corrected chi connectivity index (χ2v) is 11.7. The molecule has 2 aliphatic rings. The molecule has 3 aromatic rings. The maximum Gasteiger partial charge on any atom is 0.274 e. The van der Waals surface area contributed by atoms with Gasteiger partial charge in [0.05, 0.1) is 11.8 Å². The highest BCUT2D eigenvalue weighted by Gasteiger charge is 2.27. The van der Waals surface area contributed by atoms with Crippen LogP contribution in [0.4, 0.5) is 5.00 Å². The first-order chi connectivity index (χ1) is 19.0. The van der Waals surface area contributed by atoms with Gasteiger partial charge in [-0.3, -0.25) is 14.5 Å². The Morgan fingerprint density at radius 1 is 1.08 bits per heavy atom. The van der Waals surface area contributed by atoms with Gasteiger partial charge in [-0.1, -0.05) is 42.0 Å². The van der Waals surface area contributed by atoms with E-state index in [1.165, 1.54) is 16.2 Å². The van der Waals surface area contributed by atoms with Gasteiger partial charge in [0, 0.05) is 23.6 Å². The van der Waals surface area contributed by atoms with Gasteiger partial charge in [0.15, 0.2) is 0 Å². The van der Waals surface area contributed by atoms with Gasteiger partial charge in [0.25, 0.3) is 11.8 Å². The van der Waals surface area contributed by atoms with E-state index in [-0.39, 0.29) is 18.4 Å². The molecule has 0 bridgehead atoms. The first kappa shape index (κ1) is 27.2. The number of likely N-dealkylation sites (tertiary alicyclic amines) is 1. The standard InChI is InChI=1S/C31H36N4O3S/c1-21-9-11-22(12-10-21)18-32-34-30(38)28-26-7-2-3-8-27(26)39-31(28)33-29(37)25-6-4-5-24(17-25)19-35-15-13-23(20-36)14-16-35/h4-6,9-12,17-18,23,36H,2-3,7-8,13-16,19-20H2,1H3,(H,33,37)(H,34,38). The van der Waals surface area contributed by atoms with E-state index in [1.54, 1.807) is 6.21 Å². The quantitative estimate of drug-likeness (QED) is 0.270. The van der Waals surface area contributed by atoms with Crippen LogP contribution in [0.2, 0.25) is 0 Å². The van der Waals surface area contributed by atoms with E-state index in [9.17, 15) is 14.7 Å². The molecule has 0 atom stereocenters. The number of hydrogen-bond acceptors (Lipinski definition) is 6. The van der Waals surface area contributed by atoms with Crippen LogP contribution in [0.1, 0.15) is 73.5 Å². The van der Waals surface area contributed by atoms with Crippen LogP contribution < -0.4 is 10.7 Å². The summed E-state index contributed by atoms with van der Waals surface area (Å²) in [6, 6.07) is 15.6. The normalized spacial score (nSPS) is 16.3. The molecule has 1 saturated heterocycles. The van der Waals surface area contributed by atoms with Crippen molar-refractivity contribution < 1.29 is 14.7 Å². The highest BCUT2D eigenvalue weighted by atomic mass is 32.1. The Morgan fingerprint density at radius 2 is 1.85 bits per heavy atom. The number of amides is 2. The first-order valence-corrected chi connectivity index (χ1v) is 14.6. The SMILES string of the molecule is Cc1ccc(C=NNC(=O)c2c(NC(=O)c3cccc(CN4CCC(CO)CC4)c3)sc3c2CCCC3)cc1. The molecule has 5 rings (SSSR count). The monoisotopic (exact) mass is 544 g/mol. The Kier molecular flexibility index (Phi) is 8.86. The molecule has 7 nitrogen and oxygen atoms in total. The second kappa shape index (κ2) is 12.7. The number of nitrogens with zero attached hydrogens (tertiary/aromatic N) is 2. The number of fused-ring (bicyclic) bond motifs is 1. The molecular formula is C31H36N4O3S. The van der Waals surface area contributed by atoms with Gasteiger partial charge in [-0.05, 0) is 93.3 Å². The summed E-state index contributed by atoms with van der Waals surface area (Å²) in [6.07, 6.45) is 7.50. The van der Waals surface area contributed by atoms with E-state index in [0.29, 0.717) is 22.0 Å². The molecule has 3 N–H and O–H groups in total. The Morgan fingerprint density at radius 3 is 2.62 bits per heavy atom. The van der Waals surface area contributed by atoms with Gasteiger partial charge >= 0.3 is 0 Å². The van der Waals surface area contributed by atoms with Gasteiger partial charge in [0.1, 0.15) is 5.00 Å². The lowest BCUT2D eigenvalue weighted by molar-refractivity contribution is 0.0955. The van der Waals surface area contributed by atoms with Crippen LogP contribution in [0.15, 0.2) is 53.6 Å². The van der Waals surface area contributed by atoms with Crippen molar-refractivity contribution in [1.82, 2.24) is 10.3 Å². The number of piperidine rings is 1. The van der Waals surface area contributed by atoms with Gasteiger partial charge in [0.2, 0.25) is 0 Å². The number of aliphatic hydroxyl groups is 1. The second-order valence-electron chi connectivity index (χ2n) is 10.6. The molecule has 2 amide bonds. The summed E-state index contributed by atoms with van der Waals surface area (Å²) < 4.78 is 0. The van der Waals surface area contributed by atoms with Gasteiger partial charge in [-0.2, -0.15) is 5.10 Å². The van der Waals surface area contributed by atoms with Crippen molar-refractivity contribution in [3.05, 3.63) is 86.8 Å². The molecule has 204 valence electrons. The van der Waals surface area contributed by atoms with E-state index >= 15 is 0 Å². The van der Waals surface area contributed by atoms with Crippen molar-refractivity contribution in [2.24, 2.45) is 11.0 Å². The van der Waals surface area contributed by atoms with E-state index in [4.69, 9.17) is 0 Å². The maximum atomic E-state index is 13.3. The number of rotatable bonds is 8. The van der Waals surface area contributed by atoms with E-state index in [1.807, 2.05) is 55.5 Å². The molecule has 0 saturated carbocycles. The van der Waals surface area contributed by atoms with Crippen molar-refractivity contribution in [2.45, 2.75) is 52.0 Å². The molecule has 1 aromatic heterocycles. The highest BCUT2D eigenvalue weighted by Crippen LogP contribution is 2.38. The van der Waals surface area contributed by atoms with E-state index < -0.39 is 0 Å². The minimum absolute atomic E-state index is 0.216. The highest BCUT2D eigenvalue weighted by molar-refractivity contribution is 7.17. The fourth-order valence-corrected chi connectivity index (χ4v) is 6.62. The summed E-state index contributed by atoms with van der Waals surface area (Å²) in [5, 5.41) is 17.2. The zero-order valence-corrected chi connectivity index (χ0v) is 23.2. The largest absolute Gasteiger partial charge is 0.396 e. The van der Waals surface area contributed by atoms with E-state index in [2.05, 4.69) is 20.7 Å². The third kappa shape index (κ3) is 6.82. The molecule has 0 unspecified atom stereocenters. The number of carbonyl (C=O) groups is 2. The molecule has 1 fully saturated rings. The van der Waals surface area contributed by atoms with Crippen LogP contribution in [0.3, 0.4) is 0 Å². The van der Waals surface area contributed by atoms with Crippen LogP contribution in [0.25, 0.3) is 0 Å². The fraction of sp³-hybridized carbons (Fsp3) is 0.387. The molecule has 0 radical (unpaired) electrons. The maximum absolute atomic E-state index is 13.3. The average Bonchev–Trinajstić information content (AvgIpc) is 3.32. The summed E-state index contributed by atoms with van der Waals surface area (Å²) in [7, 11) is 0. The number of anilines is 1. The van der Waals surface area contributed by atoms with Crippen molar-refractivity contribution in [3.63, 3.8) is 0 Å². The number of aryl methyl sites for hydroxylation is 2. The zero-order chi connectivity index (χ0) is 27.2. The smallest absolute Gasteiger partial charge is 0.274 e. The number of aliphatic hydroxyl groups excluding tert-OH is 1. The van der Waals surface area contributed by atoms with Crippen molar-refractivity contribution >= 4 is 34.4 Å². The number of benzene rings is 2.